The van der Waals surface area contributed by atoms with Gasteiger partial charge in [-0.3, -0.25) is 20.3 Å². The fraction of sp³-hybridized carbons (Fsp3) is 0.211. The van der Waals surface area contributed by atoms with Crippen LogP contribution in [0.4, 0.5) is 10.5 Å². The molecule has 0 radical (unpaired) electrons. The lowest BCUT2D eigenvalue weighted by atomic mass is 9.92. The van der Waals surface area contributed by atoms with Gasteiger partial charge in [0.25, 0.3) is 11.6 Å². The Morgan fingerprint density at radius 1 is 1.17 bits per heavy atom. The first-order valence-corrected chi connectivity index (χ1v) is 9.22. The van der Waals surface area contributed by atoms with Gasteiger partial charge in [0, 0.05) is 18.7 Å². The second-order valence-electron chi connectivity index (χ2n) is 6.60. The average molecular weight is 413 g/mol. The second-order valence-corrected chi connectivity index (χ2v) is 7.01. The standard InChI is InChI=1S/C19H19N5O4S/c1-19(14-7-9-15(10-8-14)24(27)28)16(25)23(18(26)21-19)22-17(29)20-12-11-13-5-3-2-4-6-13/h2-10H,11-12H2,1H3,(H,21,26)(H2,20,22,29)/t19-/m1/s1. The molecule has 1 saturated heterocycles. The minimum Gasteiger partial charge on any atom is -0.361 e. The van der Waals surface area contributed by atoms with Crippen LogP contribution >= 0.6 is 12.2 Å². The van der Waals surface area contributed by atoms with Gasteiger partial charge in [-0.15, -0.1) is 0 Å². The van der Waals surface area contributed by atoms with Crippen LogP contribution in [0.15, 0.2) is 54.6 Å². The molecule has 1 aliphatic heterocycles. The van der Waals surface area contributed by atoms with Crippen LogP contribution in [0.25, 0.3) is 0 Å². The highest BCUT2D eigenvalue weighted by Gasteiger charge is 2.49. The number of thiocarbonyl (C=S) groups is 1. The summed E-state index contributed by atoms with van der Waals surface area (Å²) in [5, 5.41) is 17.3. The lowest BCUT2D eigenvalue weighted by molar-refractivity contribution is -0.384. The van der Waals surface area contributed by atoms with Crippen LogP contribution < -0.4 is 16.1 Å². The van der Waals surface area contributed by atoms with Crippen LogP contribution in [-0.2, 0) is 16.8 Å². The summed E-state index contributed by atoms with van der Waals surface area (Å²) in [5.41, 5.74) is 2.69. The maximum Gasteiger partial charge on any atom is 0.344 e. The lowest BCUT2D eigenvalue weighted by Gasteiger charge is -2.22. The summed E-state index contributed by atoms with van der Waals surface area (Å²) in [6.45, 7) is 2.06. The number of urea groups is 1. The van der Waals surface area contributed by atoms with Crippen LogP contribution in [0, 0.1) is 10.1 Å². The maximum atomic E-state index is 12.8. The molecule has 3 rings (SSSR count). The normalized spacial score (nSPS) is 18.3. The lowest BCUT2D eigenvalue weighted by Crippen LogP contribution is -2.51. The summed E-state index contributed by atoms with van der Waals surface area (Å²) in [6.07, 6.45) is 0.726. The van der Waals surface area contributed by atoms with E-state index in [0.717, 1.165) is 17.0 Å². The number of rotatable bonds is 6. The number of imide groups is 1. The average Bonchev–Trinajstić information content (AvgIpc) is 2.93. The molecule has 0 unspecified atom stereocenters. The molecular weight excluding hydrogens is 394 g/mol. The largest absolute Gasteiger partial charge is 0.361 e. The number of carbonyl (C=O) groups excluding carboxylic acids is 2. The van der Waals surface area contributed by atoms with Gasteiger partial charge in [-0.2, -0.15) is 5.01 Å². The molecule has 0 spiro atoms. The zero-order valence-corrected chi connectivity index (χ0v) is 16.4. The van der Waals surface area contributed by atoms with Crippen molar-refractivity contribution >= 4 is 35.0 Å². The van der Waals surface area contributed by atoms with E-state index in [1.807, 2.05) is 30.3 Å². The van der Waals surface area contributed by atoms with Gasteiger partial charge in [0.05, 0.1) is 4.92 Å². The van der Waals surface area contributed by atoms with E-state index < -0.39 is 22.4 Å². The van der Waals surface area contributed by atoms with E-state index in [1.165, 1.54) is 31.2 Å². The third-order valence-corrected chi connectivity index (χ3v) is 4.84. The molecule has 0 saturated carbocycles. The first-order valence-electron chi connectivity index (χ1n) is 8.81. The number of benzene rings is 2. The van der Waals surface area contributed by atoms with Crippen molar-refractivity contribution in [1.82, 2.24) is 21.1 Å². The summed E-state index contributed by atoms with van der Waals surface area (Å²) in [4.78, 5) is 35.4. The Hall–Kier alpha value is -3.53. The number of nitro benzene ring substituents is 1. The summed E-state index contributed by atoms with van der Waals surface area (Å²) < 4.78 is 0. The fourth-order valence-corrected chi connectivity index (χ4v) is 3.15. The Morgan fingerprint density at radius 3 is 2.45 bits per heavy atom. The van der Waals surface area contributed by atoms with E-state index in [4.69, 9.17) is 12.2 Å². The molecule has 1 fully saturated rings. The monoisotopic (exact) mass is 413 g/mol. The highest BCUT2D eigenvalue weighted by molar-refractivity contribution is 7.80. The van der Waals surface area contributed by atoms with Crippen molar-refractivity contribution in [3.63, 3.8) is 0 Å². The summed E-state index contributed by atoms with van der Waals surface area (Å²) in [5.74, 6) is -0.566. The molecule has 1 heterocycles. The van der Waals surface area contributed by atoms with Gasteiger partial charge < -0.3 is 10.6 Å². The highest BCUT2D eigenvalue weighted by Crippen LogP contribution is 2.29. The first-order chi connectivity index (χ1) is 13.8. The molecule has 1 aliphatic rings. The number of non-ortho nitro benzene ring substituents is 1. The molecule has 0 aliphatic carbocycles. The minimum absolute atomic E-state index is 0.104. The number of hydrazine groups is 1. The van der Waals surface area contributed by atoms with Crippen molar-refractivity contribution in [3.8, 4) is 0 Å². The molecule has 1 atom stereocenters. The summed E-state index contributed by atoms with van der Waals surface area (Å²) in [7, 11) is 0. The SMILES string of the molecule is C[C@]1(c2ccc([N+](=O)[O-])cc2)NC(=O)N(NC(=S)NCCc2ccccc2)C1=O. The number of carbonyl (C=O) groups is 2. The van der Waals surface area contributed by atoms with Gasteiger partial charge >= 0.3 is 6.03 Å². The van der Waals surface area contributed by atoms with Crippen LogP contribution in [0.2, 0.25) is 0 Å². The van der Waals surface area contributed by atoms with Crippen molar-refractivity contribution in [3.05, 3.63) is 75.8 Å². The quantitative estimate of drug-likeness (QED) is 0.287. The van der Waals surface area contributed by atoms with E-state index in [2.05, 4.69) is 16.1 Å². The molecular formula is C19H19N5O4S. The van der Waals surface area contributed by atoms with Crippen molar-refractivity contribution in [2.24, 2.45) is 0 Å². The molecule has 10 heteroatoms. The predicted octanol–water partition coefficient (Wildman–Crippen LogP) is 1.98. The molecule has 0 aromatic heterocycles. The van der Waals surface area contributed by atoms with Crippen molar-refractivity contribution < 1.29 is 14.5 Å². The van der Waals surface area contributed by atoms with Gasteiger partial charge in [-0.25, -0.2) is 4.79 Å². The molecule has 29 heavy (non-hydrogen) atoms. The van der Waals surface area contributed by atoms with E-state index in [1.54, 1.807) is 0 Å². The van der Waals surface area contributed by atoms with Crippen molar-refractivity contribution in [1.29, 1.82) is 0 Å². The van der Waals surface area contributed by atoms with Crippen molar-refractivity contribution in [2.75, 3.05) is 6.54 Å². The van der Waals surface area contributed by atoms with E-state index in [9.17, 15) is 19.7 Å². The van der Waals surface area contributed by atoms with Crippen LogP contribution in [0.1, 0.15) is 18.1 Å². The molecule has 0 bridgehead atoms. The molecule has 2 aromatic carbocycles. The molecule has 3 N–H and O–H groups in total. The van der Waals surface area contributed by atoms with E-state index in [-0.39, 0.29) is 10.8 Å². The van der Waals surface area contributed by atoms with Gasteiger partial charge in [-0.1, -0.05) is 30.3 Å². The third kappa shape index (κ3) is 4.32. The second kappa shape index (κ2) is 8.23. The Labute approximate surface area is 172 Å². The Kier molecular flexibility index (Phi) is 5.74. The van der Waals surface area contributed by atoms with Crippen molar-refractivity contribution in [2.45, 2.75) is 18.9 Å². The molecule has 150 valence electrons. The minimum atomic E-state index is -1.36. The summed E-state index contributed by atoms with van der Waals surface area (Å²) in [6, 6.07) is 14.6. The number of amides is 3. The predicted molar refractivity (Wildman–Crippen MR) is 110 cm³/mol. The number of nitrogens with one attached hydrogen (secondary N) is 3. The number of hydrogen-bond donors (Lipinski definition) is 3. The smallest absolute Gasteiger partial charge is 0.344 e. The van der Waals surface area contributed by atoms with E-state index >= 15 is 0 Å². The van der Waals surface area contributed by atoms with Gasteiger partial charge in [0.15, 0.2) is 5.11 Å². The number of nitro groups is 1. The van der Waals surface area contributed by atoms with Gasteiger partial charge in [0.2, 0.25) is 0 Å². The number of hydrogen-bond acceptors (Lipinski definition) is 5. The van der Waals surface area contributed by atoms with Gasteiger partial charge in [0.1, 0.15) is 5.54 Å². The van der Waals surface area contributed by atoms with Crippen LogP contribution in [0.3, 0.4) is 0 Å². The third-order valence-electron chi connectivity index (χ3n) is 4.60. The zero-order chi connectivity index (χ0) is 21.0. The zero-order valence-electron chi connectivity index (χ0n) is 15.5. The molecule has 9 nitrogen and oxygen atoms in total. The fourth-order valence-electron chi connectivity index (χ4n) is 2.96. The Balaban J connectivity index is 1.62. The number of nitrogens with zero attached hydrogens (tertiary/aromatic N) is 2. The Bertz CT molecular complexity index is 951. The van der Waals surface area contributed by atoms with E-state index in [0.29, 0.717) is 12.1 Å². The van der Waals surface area contributed by atoms with Crippen LogP contribution in [0.5, 0.6) is 0 Å². The first kappa shape index (κ1) is 20.2. The molecule has 3 amide bonds. The topological polar surface area (TPSA) is 117 Å². The summed E-state index contributed by atoms with van der Waals surface area (Å²) >= 11 is 5.18. The van der Waals surface area contributed by atoms with Gasteiger partial charge in [-0.05, 0) is 48.8 Å². The molecule has 2 aromatic rings. The van der Waals surface area contributed by atoms with Crippen LogP contribution in [-0.4, -0.2) is 33.5 Å². The maximum absolute atomic E-state index is 12.8. The Morgan fingerprint density at radius 2 is 1.83 bits per heavy atom. The highest BCUT2D eigenvalue weighted by atomic mass is 32.1.